The number of thioether (sulfide) groups is 1. The molecule has 144 valence electrons. The molecular formula is C19H22FN3O3S. The van der Waals surface area contributed by atoms with Crippen molar-refractivity contribution in [2.24, 2.45) is 0 Å². The average molecular weight is 391 g/mol. The Hall–Kier alpha value is -2.45. The van der Waals surface area contributed by atoms with Gasteiger partial charge in [0, 0.05) is 23.6 Å². The highest BCUT2D eigenvalue weighted by Crippen LogP contribution is 2.26. The van der Waals surface area contributed by atoms with Crippen LogP contribution in [0.1, 0.15) is 18.5 Å². The molecular weight excluding hydrogens is 369 g/mol. The predicted molar refractivity (Wildman–Crippen MR) is 104 cm³/mol. The highest BCUT2D eigenvalue weighted by molar-refractivity contribution is 8.00. The van der Waals surface area contributed by atoms with Gasteiger partial charge in [0.1, 0.15) is 5.82 Å². The van der Waals surface area contributed by atoms with E-state index in [9.17, 15) is 19.3 Å². The maximum Gasteiger partial charge on any atom is 0.269 e. The summed E-state index contributed by atoms with van der Waals surface area (Å²) in [6.07, 6.45) is 0. The zero-order valence-corrected chi connectivity index (χ0v) is 16.2. The Kier molecular flexibility index (Phi) is 7.32. The summed E-state index contributed by atoms with van der Waals surface area (Å²) in [5, 5.41) is 13.2. The molecule has 0 aliphatic carbocycles. The van der Waals surface area contributed by atoms with Gasteiger partial charge in [0.25, 0.3) is 5.69 Å². The average Bonchev–Trinajstić information content (AvgIpc) is 2.62. The fourth-order valence-electron chi connectivity index (χ4n) is 2.56. The van der Waals surface area contributed by atoms with Crippen LogP contribution < -0.4 is 5.32 Å². The molecule has 6 nitrogen and oxygen atoms in total. The van der Waals surface area contributed by atoms with Gasteiger partial charge in [0.2, 0.25) is 5.91 Å². The van der Waals surface area contributed by atoms with Crippen LogP contribution in [0, 0.1) is 15.9 Å². The van der Waals surface area contributed by atoms with Crippen LogP contribution in [0.25, 0.3) is 0 Å². The lowest BCUT2D eigenvalue weighted by Gasteiger charge is -2.25. The lowest BCUT2D eigenvalue weighted by atomic mass is 10.1. The van der Waals surface area contributed by atoms with Crippen molar-refractivity contribution in [2.75, 3.05) is 20.6 Å². The molecule has 0 saturated heterocycles. The number of rotatable bonds is 8. The highest BCUT2D eigenvalue weighted by atomic mass is 32.2. The highest BCUT2D eigenvalue weighted by Gasteiger charge is 2.19. The van der Waals surface area contributed by atoms with Gasteiger partial charge < -0.3 is 10.2 Å². The van der Waals surface area contributed by atoms with Crippen LogP contribution in [-0.4, -0.2) is 41.6 Å². The molecule has 0 bridgehead atoms. The molecule has 1 amide bonds. The predicted octanol–water partition coefficient (Wildman–Crippen LogP) is 3.63. The second kappa shape index (κ2) is 9.48. The van der Waals surface area contributed by atoms with Gasteiger partial charge in [-0.1, -0.05) is 12.1 Å². The number of carbonyl (C=O) groups is 1. The van der Waals surface area contributed by atoms with E-state index in [2.05, 4.69) is 5.32 Å². The van der Waals surface area contributed by atoms with Crippen molar-refractivity contribution >= 4 is 23.4 Å². The molecule has 0 radical (unpaired) electrons. The Balaban J connectivity index is 1.95. The van der Waals surface area contributed by atoms with E-state index in [1.807, 2.05) is 25.1 Å². The number of non-ortho nitro benzene ring substituents is 1. The van der Waals surface area contributed by atoms with E-state index in [1.165, 1.54) is 36.0 Å². The number of amides is 1. The van der Waals surface area contributed by atoms with Crippen molar-refractivity contribution in [3.8, 4) is 0 Å². The van der Waals surface area contributed by atoms with Gasteiger partial charge in [-0.15, -0.1) is 11.8 Å². The smallest absolute Gasteiger partial charge is 0.269 e. The number of nitrogens with zero attached hydrogens (tertiary/aromatic N) is 2. The molecule has 2 aromatic rings. The van der Waals surface area contributed by atoms with Crippen molar-refractivity contribution in [1.82, 2.24) is 10.2 Å². The molecule has 0 fully saturated rings. The number of likely N-dealkylation sites (N-methyl/N-ethyl adjacent to an activating group) is 1. The summed E-state index contributed by atoms with van der Waals surface area (Å²) in [5.41, 5.74) is 0.802. The number of nitro groups is 1. The van der Waals surface area contributed by atoms with E-state index < -0.39 is 4.92 Å². The van der Waals surface area contributed by atoms with Crippen molar-refractivity contribution in [1.29, 1.82) is 0 Å². The van der Waals surface area contributed by atoms with E-state index in [0.29, 0.717) is 6.54 Å². The number of benzene rings is 2. The minimum absolute atomic E-state index is 0.0142. The molecule has 2 aromatic carbocycles. The largest absolute Gasteiger partial charge is 0.353 e. The van der Waals surface area contributed by atoms with Crippen LogP contribution in [0.4, 0.5) is 10.1 Å². The lowest BCUT2D eigenvalue weighted by molar-refractivity contribution is -0.384. The van der Waals surface area contributed by atoms with Crippen LogP contribution in [0.2, 0.25) is 0 Å². The van der Waals surface area contributed by atoms with E-state index in [1.54, 1.807) is 25.1 Å². The minimum Gasteiger partial charge on any atom is -0.353 e. The third-order valence-electron chi connectivity index (χ3n) is 4.06. The number of hydrogen-bond acceptors (Lipinski definition) is 5. The summed E-state index contributed by atoms with van der Waals surface area (Å²) in [4.78, 5) is 25.3. The van der Waals surface area contributed by atoms with Crippen LogP contribution in [-0.2, 0) is 4.79 Å². The molecule has 0 aliphatic heterocycles. The number of nitrogens with one attached hydrogen (secondary N) is 1. The molecule has 0 spiro atoms. The quantitative estimate of drug-likeness (QED) is 0.422. The summed E-state index contributed by atoms with van der Waals surface area (Å²) in [7, 11) is 3.74. The minimum atomic E-state index is -0.460. The number of nitro benzene ring substituents is 1. The number of halogens is 1. The standard InChI is InChI=1S/C19H22FN3O3S/c1-13(27-17-9-7-16(8-10-17)23(25)26)19(24)21-12-18(22(2)3)14-5-4-6-15(20)11-14/h4-11,13,18H,12H2,1-3H3,(H,21,24). The lowest BCUT2D eigenvalue weighted by Crippen LogP contribution is -2.38. The van der Waals surface area contributed by atoms with Gasteiger partial charge >= 0.3 is 0 Å². The van der Waals surface area contributed by atoms with Crippen molar-refractivity contribution in [2.45, 2.75) is 23.1 Å². The monoisotopic (exact) mass is 391 g/mol. The number of carbonyl (C=O) groups excluding carboxylic acids is 1. The summed E-state index contributed by atoms with van der Waals surface area (Å²) < 4.78 is 13.5. The molecule has 0 heterocycles. The second-order valence-electron chi connectivity index (χ2n) is 6.29. The van der Waals surface area contributed by atoms with Gasteiger partial charge in [-0.2, -0.15) is 0 Å². The summed E-state index contributed by atoms with van der Waals surface area (Å²) in [5.74, 6) is -0.464. The molecule has 0 aromatic heterocycles. The molecule has 2 unspecified atom stereocenters. The van der Waals surface area contributed by atoms with Crippen LogP contribution in [0.15, 0.2) is 53.4 Å². The van der Waals surface area contributed by atoms with E-state index >= 15 is 0 Å². The zero-order valence-electron chi connectivity index (χ0n) is 15.4. The molecule has 0 saturated carbocycles. The summed E-state index contributed by atoms with van der Waals surface area (Å²) in [6.45, 7) is 2.12. The molecule has 2 rings (SSSR count). The van der Waals surface area contributed by atoms with Crippen LogP contribution in [0.3, 0.4) is 0 Å². The molecule has 1 N–H and O–H groups in total. The molecule has 27 heavy (non-hydrogen) atoms. The van der Waals surface area contributed by atoms with Crippen LogP contribution >= 0.6 is 11.8 Å². The van der Waals surface area contributed by atoms with Gasteiger partial charge in [-0.3, -0.25) is 14.9 Å². The van der Waals surface area contributed by atoms with E-state index in [-0.39, 0.29) is 28.7 Å². The van der Waals surface area contributed by atoms with Crippen molar-refractivity contribution in [3.05, 3.63) is 70.0 Å². The van der Waals surface area contributed by atoms with E-state index in [0.717, 1.165) is 10.5 Å². The molecule has 2 atom stereocenters. The van der Waals surface area contributed by atoms with E-state index in [4.69, 9.17) is 0 Å². The Morgan fingerprint density at radius 1 is 1.26 bits per heavy atom. The first-order valence-electron chi connectivity index (χ1n) is 8.38. The molecule has 8 heteroatoms. The van der Waals surface area contributed by atoms with Gasteiger partial charge in [0.05, 0.1) is 16.2 Å². The summed E-state index contributed by atoms with van der Waals surface area (Å²) in [6, 6.07) is 12.3. The van der Waals surface area contributed by atoms with Gasteiger partial charge in [-0.25, -0.2) is 4.39 Å². The van der Waals surface area contributed by atoms with Crippen LogP contribution in [0.5, 0.6) is 0 Å². The van der Waals surface area contributed by atoms with Gasteiger partial charge in [0.15, 0.2) is 0 Å². The number of hydrogen-bond donors (Lipinski definition) is 1. The third kappa shape index (κ3) is 6.04. The SMILES string of the molecule is CC(Sc1ccc([N+](=O)[O-])cc1)C(=O)NCC(c1cccc(F)c1)N(C)C. The Bertz CT molecular complexity index is 799. The Labute approximate surface area is 161 Å². The first-order valence-corrected chi connectivity index (χ1v) is 9.26. The van der Waals surface area contributed by atoms with Crippen molar-refractivity contribution < 1.29 is 14.1 Å². The summed E-state index contributed by atoms with van der Waals surface area (Å²) >= 11 is 1.32. The second-order valence-corrected chi connectivity index (χ2v) is 7.70. The third-order valence-corrected chi connectivity index (χ3v) is 5.17. The van der Waals surface area contributed by atoms with Gasteiger partial charge in [-0.05, 0) is 50.8 Å². The Morgan fingerprint density at radius 2 is 1.93 bits per heavy atom. The maximum absolute atomic E-state index is 13.5. The first-order chi connectivity index (χ1) is 12.8. The Morgan fingerprint density at radius 3 is 2.48 bits per heavy atom. The normalized spacial score (nSPS) is 13.2. The first kappa shape index (κ1) is 20.9. The maximum atomic E-state index is 13.5. The fraction of sp³-hybridized carbons (Fsp3) is 0.316. The zero-order chi connectivity index (χ0) is 20.0. The topological polar surface area (TPSA) is 75.5 Å². The fourth-order valence-corrected chi connectivity index (χ4v) is 3.45. The van der Waals surface area contributed by atoms with Crippen molar-refractivity contribution in [3.63, 3.8) is 0 Å². The molecule has 0 aliphatic rings.